The van der Waals surface area contributed by atoms with E-state index >= 15 is 0 Å². The van der Waals surface area contributed by atoms with Gasteiger partial charge in [-0.25, -0.2) is 9.18 Å². The minimum atomic E-state index is -0.560. The molecule has 0 spiro atoms. The first-order chi connectivity index (χ1) is 8.15. The molecule has 1 aromatic carbocycles. The number of carbonyl (C=O) groups is 1. The molecular formula is C12H13FN2O2. The molecule has 0 amide bonds. The minimum absolute atomic E-state index is 0.0797. The summed E-state index contributed by atoms with van der Waals surface area (Å²) < 4.78 is 17.8. The van der Waals surface area contributed by atoms with Crippen molar-refractivity contribution in [2.45, 2.75) is 19.3 Å². The summed E-state index contributed by atoms with van der Waals surface area (Å²) in [7, 11) is 0. The maximum atomic E-state index is 12.8. The summed E-state index contributed by atoms with van der Waals surface area (Å²) >= 11 is 0. The highest BCUT2D eigenvalue weighted by atomic mass is 19.1. The van der Waals surface area contributed by atoms with E-state index in [4.69, 9.17) is 15.7 Å². The van der Waals surface area contributed by atoms with Gasteiger partial charge in [0.1, 0.15) is 5.82 Å². The molecule has 0 aromatic heterocycles. The van der Waals surface area contributed by atoms with E-state index in [0.717, 1.165) is 6.07 Å². The number of anilines is 1. The molecule has 0 radical (unpaired) electrons. The lowest BCUT2D eigenvalue weighted by molar-refractivity contribution is 0.0499. The molecule has 0 heterocycles. The van der Waals surface area contributed by atoms with Crippen molar-refractivity contribution in [2.24, 2.45) is 0 Å². The average Bonchev–Trinajstić information content (AvgIpc) is 2.32. The van der Waals surface area contributed by atoms with E-state index in [9.17, 15) is 9.18 Å². The second kappa shape index (κ2) is 6.48. The Kier molecular flexibility index (Phi) is 4.95. The van der Waals surface area contributed by atoms with Gasteiger partial charge in [0.05, 0.1) is 23.9 Å². The van der Waals surface area contributed by atoms with Crippen LogP contribution in [0.5, 0.6) is 0 Å². The van der Waals surface area contributed by atoms with Gasteiger partial charge < -0.3 is 10.5 Å². The lowest BCUT2D eigenvalue weighted by Crippen LogP contribution is -2.07. The quantitative estimate of drug-likeness (QED) is 0.483. The van der Waals surface area contributed by atoms with E-state index in [1.165, 1.54) is 12.1 Å². The smallest absolute Gasteiger partial charge is 0.338 e. The van der Waals surface area contributed by atoms with E-state index in [1.54, 1.807) is 0 Å². The molecular weight excluding hydrogens is 223 g/mol. The Morgan fingerprint density at radius 3 is 2.88 bits per heavy atom. The molecule has 0 aliphatic rings. The Labute approximate surface area is 98.8 Å². The first kappa shape index (κ1) is 13.0. The van der Waals surface area contributed by atoms with Crippen molar-refractivity contribution in [3.8, 4) is 6.07 Å². The Morgan fingerprint density at radius 2 is 2.24 bits per heavy atom. The third kappa shape index (κ3) is 4.11. The zero-order valence-corrected chi connectivity index (χ0v) is 9.28. The van der Waals surface area contributed by atoms with Crippen LogP contribution in [-0.2, 0) is 4.74 Å². The molecule has 0 unspecified atom stereocenters. The van der Waals surface area contributed by atoms with Crippen molar-refractivity contribution in [1.82, 2.24) is 0 Å². The van der Waals surface area contributed by atoms with E-state index in [1.807, 2.05) is 6.07 Å². The molecule has 0 bridgehead atoms. The number of nitrogen functional groups attached to an aromatic ring is 1. The predicted octanol–water partition coefficient (Wildman–Crippen LogP) is 2.26. The summed E-state index contributed by atoms with van der Waals surface area (Å²) in [6.07, 6.45) is 1.77. The van der Waals surface area contributed by atoms with Gasteiger partial charge in [-0.05, 0) is 31.0 Å². The monoisotopic (exact) mass is 236 g/mol. The van der Waals surface area contributed by atoms with Crippen LogP contribution >= 0.6 is 0 Å². The van der Waals surface area contributed by atoms with Gasteiger partial charge in [-0.15, -0.1) is 0 Å². The second-order valence-electron chi connectivity index (χ2n) is 3.49. The van der Waals surface area contributed by atoms with Gasteiger partial charge in [-0.3, -0.25) is 0 Å². The average molecular weight is 236 g/mol. The number of hydrogen-bond donors (Lipinski definition) is 1. The largest absolute Gasteiger partial charge is 0.462 e. The third-order valence-corrected chi connectivity index (χ3v) is 2.15. The zero-order valence-electron chi connectivity index (χ0n) is 9.28. The number of nitrogens with two attached hydrogens (primary N) is 1. The van der Waals surface area contributed by atoms with Crippen molar-refractivity contribution in [3.63, 3.8) is 0 Å². The Morgan fingerprint density at radius 1 is 1.47 bits per heavy atom. The summed E-state index contributed by atoms with van der Waals surface area (Å²) in [4.78, 5) is 11.5. The molecule has 17 heavy (non-hydrogen) atoms. The van der Waals surface area contributed by atoms with Crippen molar-refractivity contribution in [3.05, 3.63) is 29.6 Å². The van der Waals surface area contributed by atoms with Crippen LogP contribution in [0.15, 0.2) is 18.2 Å². The summed E-state index contributed by atoms with van der Waals surface area (Å²) in [5, 5.41) is 8.30. The number of benzene rings is 1. The fraction of sp³-hybridized carbons (Fsp3) is 0.333. The molecule has 1 aromatic rings. The topological polar surface area (TPSA) is 76.1 Å². The van der Waals surface area contributed by atoms with Gasteiger partial charge in [0.15, 0.2) is 0 Å². The summed E-state index contributed by atoms with van der Waals surface area (Å²) in [6, 6.07) is 5.69. The minimum Gasteiger partial charge on any atom is -0.462 e. The number of unbranched alkanes of at least 4 members (excludes halogenated alkanes) is 2. The maximum Gasteiger partial charge on any atom is 0.338 e. The highest BCUT2D eigenvalue weighted by molar-refractivity contribution is 5.90. The lowest BCUT2D eigenvalue weighted by Gasteiger charge is -2.05. The van der Waals surface area contributed by atoms with Crippen molar-refractivity contribution < 1.29 is 13.9 Å². The SMILES string of the molecule is N#CCCCCOC(=O)c1ccc(F)c(N)c1. The Balaban J connectivity index is 2.42. The van der Waals surface area contributed by atoms with Gasteiger partial charge in [0.2, 0.25) is 0 Å². The normalized spacial score (nSPS) is 9.65. The Bertz CT molecular complexity index is 441. The number of halogens is 1. The van der Waals surface area contributed by atoms with Crippen LogP contribution in [0.3, 0.4) is 0 Å². The fourth-order valence-electron chi connectivity index (χ4n) is 1.23. The van der Waals surface area contributed by atoms with E-state index < -0.39 is 11.8 Å². The Hall–Kier alpha value is -2.09. The molecule has 0 aliphatic carbocycles. The highest BCUT2D eigenvalue weighted by Crippen LogP contribution is 2.13. The molecule has 0 saturated carbocycles. The molecule has 90 valence electrons. The molecule has 5 heteroatoms. The van der Waals surface area contributed by atoms with E-state index in [-0.39, 0.29) is 17.9 Å². The molecule has 0 saturated heterocycles. The van der Waals surface area contributed by atoms with Crippen LogP contribution in [0.4, 0.5) is 10.1 Å². The van der Waals surface area contributed by atoms with E-state index in [0.29, 0.717) is 19.3 Å². The first-order valence-electron chi connectivity index (χ1n) is 5.24. The zero-order chi connectivity index (χ0) is 12.7. The summed E-state index contributed by atoms with van der Waals surface area (Å²) in [5.41, 5.74) is 5.48. The lowest BCUT2D eigenvalue weighted by atomic mass is 10.2. The number of rotatable bonds is 5. The van der Waals surface area contributed by atoms with Crippen molar-refractivity contribution in [1.29, 1.82) is 5.26 Å². The van der Waals surface area contributed by atoms with Gasteiger partial charge in [0, 0.05) is 6.42 Å². The molecule has 2 N–H and O–H groups in total. The third-order valence-electron chi connectivity index (χ3n) is 2.15. The molecule has 0 aliphatic heterocycles. The molecule has 0 atom stereocenters. The number of nitrogens with zero attached hydrogens (tertiary/aromatic N) is 1. The van der Waals surface area contributed by atoms with Gasteiger partial charge >= 0.3 is 5.97 Å². The number of ether oxygens (including phenoxy) is 1. The van der Waals surface area contributed by atoms with Crippen LogP contribution in [-0.4, -0.2) is 12.6 Å². The van der Waals surface area contributed by atoms with Crippen LogP contribution in [0.25, 0.3) is 0 Å². The predicted molar refractivity (Wildman–Crippen MR) is 60.6 cm³/mol. The first-order valence-corrected chi connectivity index (χ1v) is 5.24. The van der Waals surface area contributed by atoms with Gasteiger partial charge in [-0.1, -0.05) is 0 Å². The van der Waals surface area contributed by atoms with E-state index in [2.05, 4.69) is 0 Å². The standard InChI is InChI=1S/C12H13FN2O2/c13-10-5-4-9(8-11(10)15)12(16)17-7-3-1-2-6-14/h4-5,8H,1-3,7,15H2. The molecule has 0 fully saturated rings. The van der Waals surface area contributed by atoms with Crippen LogP contribution in [0.2, 0.25) is 0 Å². The number of nitriles is 1. The fourth-order valence-corrected chi connectivity index (χ4v) is 1.23. The number of carbonyl (C=O) groups excluding carboxylic acids is 1. The molecule has 1 rings (SSSR count). The van der Waals surface area contributed by atoms with Gasteiger partial charge in [0.25, 0.3) is 0 Å². The van der Waals surface area contributed by atoms with Crippen molar-refractivity contribution >= 4 is 11.7 Å². The van der Waals surface area contributed by atoms with Crippen molar-refractivity contribution in [2.75, 3.05) is 12.3 Å². The summed E-state index contributed by atoms with van der Waals surface area (Å²) in [5.74, 6) is -1.09. The summed E-state index contributed by atoms with van der Waals surface area (Å²) in [6.45, 7) is 0.248. The van der Waals surface area contributed by atoms with Crippen LogP contribution < -0.4 is 5.73 Å². The van der Waals surface area contributed by atoms with Crippen LogP contribution in [0.1, 0.15) is 29.6 Å². The highest BCUT2D eigenvalue weighted by Gasteiger charge is 2.09. The maximum absolute atomic E-state index is 12.8. The molecule has 4 nitrogen and oxygen atoms in total. The van der Waals surface area contributed by atoms with Gasteiger partial charge in [-0.2, -0.15) is 5.26 Å². The van der Waals surface area contributed by atoms with Crippen LogP contribution in [0, 0.1) is 17.1 Å². The number of hydrogen-bond acceptors (Lipinski definition) is 4. The second-order valence-corrected chi connectivity index (χ2v) is 3.49. The number of esters is 1.